The molecule has 0 saturated heterocycles. The van der Waals surface area contributed by atoms with Crippen LogP contribution in [-0.4, -0.2) is 38.8 Å². The fraction of sp³-hybridized carbons (Fsp3) is 0.263. The zero-order valence-electron chi connectivity index (χ0n) is 15.3. The Kier molecular flexibility index (Phi) is 8.84. The Bertz CT molecular complexity index is 848. The van der Waals surface area contributed by atoms with Gasteiger partial charge in [0.2, 0.25) is 6.79 Å². The largest absolute Gasteiger partial charge is 0.454 e. The van der Waals surface area contributed by atoms with Crippen LogP contribution in [0.2, 0.25) is 0 Å². The zero-order valence-corrected chi connectivity index (χ0v) is 19.2. The summed E-state index contributed by atoms with van der Waals surface area (Å²) < 4.78 is 11.6. The van der Waals surface area contributed by atoms with Crippen molar-refractivity contribution in [3.8, 4) is 11.5 Å². The summed E-state index contributed by atoms with van der Waals surface area (Å²) in [7, 11) is 1.70. The molecule has 0 unspecified atom stereocenters. The van der Waals surface area contributed by atoms with Gasteiger partial charge in [-0.3, -0.25) is 9.79 Å². The maximum Gasteiger partial charge on any atom is 0.251 e. The molecule has 2 aromatic carbocycles. The van der Waals surface area contributed by atoms with E-state index in [-0.39, 0.29) is 36.7 Å². The number of carbonyl (C=O) groups excluding carboxylic acids is 1. The van der Waals surface area contributed by atoms with Crippen LogP contribution in [0.5, 0.6) is 11.5 Å². The number of halogens is 2. The third kappa shape index (κ3) is 6.26. The van der Waals surface area contributed by atoms with Crippen molar-refractivity contribution in [1.29, 1.82) is 0 Å². The number of benzene rings is 2. The predicted molar refractivity (Wildman–Crippen MR) is 123 cm³/mol. The van der Waals surface area contributed by atoms with Crippen LogP contribution in [0, 0.1) is 0 Å². The standard InChI is InChI=1S/C19H21BrN4O3.HI/c1-21-19(24-11-13-5-6-16-17(9-13)27-12-26-16)23-8-7-22-18(25)14-3-2-4-15(20)10-14;/h2-6,9-10H,7-8,11-12H2,1H3,(H,22,25)(H2,21,23,24);1H. The monoisotopic (exact) mass is 560 g/mol. The Morgan fingerprint density at radius 1 is 1.07 bits per heavy atom. The third-order valence-corrected chi connectivity index (χ3v) is 4.40. The fourth-order valence-electron chi connectivity index (χ4n) is 2.55. The molecule has 9 heteroatoms. The smallest absolute Gasteiger partial charge is 0.251 e. The van der Waals surface area contributed by atoms with Crippen molar-refractivity contribution in [2.24, 2.45) is 4.99 Å². The SMILES string of the molecule is CN=C(NCCNC(=O)c1cccc(Br)c1)NCc1ccc2c(c1)OCO2.I. The van der Waals surface area contributed by atoms with Crippen LogP contribution in [0.3, 0.4) is 0 Å². The summed E-state index contributed by atoms with van der Waals surface area (Å²) >= 11 is 3.36. The van der Waals surface area contributed by atoms with E-state index in [1.54, 1.807) is 19.2 Å². The number of fused-ring (bicyclic) bond motifs is 1. The Morgan fingerprint density at radius 2 is 1.86 bits per heavy atom. The molecule has 1 amide bonds. The molecule has 1 aliphatic heterocycles. The lowest BCUT2D eigenvalue weighted by molar-refractivity contribution is 0.0954. The van der Waals surface area contributed by atoms with E-state index in [9.17, 15) is 4.79 Å². The molecule has 3 rings (SSSR count). The molecule has 2 aromatic rings. The number of nitrogens with one attached hydrogen (secondary N) is 3. The summed E-state index contributed by atoms with van der Waals surface area (Å²) in [5, 5.41) is 9.27. The van der Waals surface area contributed by atoms with Crippen molar-refractivity contribution in [3.05, 3.63) is 58.1 Å². The average Bonchev–Trinajstić information content (AvgIpc) is 3.15. The maximum absolute atomic E-state index is 12.1. The van der Waals surface area contributed by atoms with Crippen LogP contribution in [0.4, 0.5) is 0 Å². The molecule has 0 bridgehead atoms. The van der Waals surface area contributed by atoms with Gasteiger partial charge in [-0.05, 0) is 35.9 Å². The number of guanidine groups is 1. The van der Waals surface area contributed by atoms with E-state index >= 15 is 0 Å². The number of amides is 1. The van der Waals surface area contributed by atoms with Crippen molar-refractivity contribution in [2.75, 3.05) is 26.9 Å². The van der Waals surface area contributed by atoms with E-state index in [0.717, 1.165) is 21.5 Å². The Labute approximate surface area is 189 Å². The molecule has 150 valence electrons. The number of hydrogen-bond acceptors (Lipinski definition) is 4. The normalized spacial score (nSPS) is 12.1. The molecule has 0 saturated carbocycles. The number of nitrogens with zero attached hydrogens (tertiary/aromatic N) is 1. The highest BCUT2D eigenvalue weighted by atomic mass is 127. The van der Waals surface area contributed by atoms with Gasteiger partial charge in [0, 0.05) is 36.7 Å². The number of rotatable bonds is 6. The van der Waals surface area contributed by atoms with Gasteiger partial charge in [0.05, 0.1) is 0 Å². The van der Waals surface area contributed by atoms with E-state index in [4.69, 9.17) is 9.47 Å². The van der Waals surface area contributed by atoms with Gasteiger partial charge in [-0.15, -0.1) is 24.0 Å². The summed E-state index contributed by atoms with van der Waals surface area (Å²) in [6.45, 7) is 1.90. The Balaban J connectivity index is 0.00000280. The van der Waals surface area contributed by atoms with Crippen molar-refractivity contribution in [1.82, 2.24) is 16.0 Å². The van der Waals surface area contributed by atoms with Gasteiger partial charge < -0.3 is 25.4 Å². The maximum atomic E-state index is 12.1. The van der Waals surface area contributed by atoms with Crippen LogP contribution in [0.15, 0.2) is 51.9 Å². The molecular formula is C19H22BrIN4O3. The van der Waals surface area contributed by atoms with Gasteiger partial charge in [-0.1, -0.05) is 28.1 Å². The highest BCUT2D eigenvalue weighted by molar-refractivity contribution is 14.0. The first-order valence-corrected chi connectivity index (χ1v) is 9.32. The summed E-state index contributed by atoms with van der Waals surface area (Å²) in [6, 6.07) is 13.1. The minimum absolute atomic E-state index is 0. The van der Waals surface area contributed by atoms with E-state index in [0.29, 0.717) is 31.2 Å². The minimum Gasteiger partial charge on any atom is -0.454 e. The second kappa shape index (κ2) is 11.1. The quantitative estimate of drug-likeness (QED) is 0.219. The van der Waals surface area contributed by atoms with Gasteiger partial charge in [0.25, 0.3) is 5.91 Å². The molecule has 1 aliphatic rings. The molecule has 0 atom stereocenters. The molecule has 0 aromatic heterocycles. The third-order valence-electron chi connectivity index (χ3n) is 3.91. The summed E-state index contributed by atoms with van der Waals surface area (Å²) in [6.07, 6.45) is 0. The van der Waals surface area contributed by atoms with Gasteiger partial charge in [-0.2, -0.15) is 0 Å². The van der Waals surface area contributed by atoms with Gasteiger partial charge in [0.1, 0.15) is 0 Å². The zero-order chi connectivity index (χ0) is 19.1. The molecular weight excluding hydrogens is 539 g/mol. The first-order valence-electron chi connectivity index (χ1n) is 8.52. The van der Waals surface area contributed by atoms with Crippen LogP contribution >= 0.6 is 39.9 Å². The average molecular weight is 561 g/mol. The highest BCUT2D eigenvalue weighted by Gasteiger charge is 2.13. The molecule has 0 radical (unpaired) electrons. The number of carbonyl (C=O) groups is 1. The number of hydrogen-bond donors (Lipinski definition) is 3. The van der Waals surface area contributed by atoms with Crippen molar-refractivity contribution >= 4 is 51.8 Å². The van der Waals surface area contributed by atoms with Crippen molar-refractivity contribution < 1.29 is 14.3 Å². The topological polar surface area (TPSA) is 84.0 Å². The first kappa shape index (κ1) is 22.3. The summed E-state index contributed by atoms with van der Waals surface area (Å²) in [4.78, 5) is 16.3. The van der Waals surface area contributed by atoms with Crippen molar-refractivity contribution in [2.45, 2.75) is 6.54 Å². The molecule has 1 heterocycles. The van der Waals surface area contributed by atoms with E-state index < -0.39 is 0 Å². The molecule has 7 nitrogen and oxygen atoms in total. The van der Waals surface area contributed by atoms with E-state index in [2.05, 4.69) is 36.9 Å². The second-order valence-corrected chi connectivity index (χ2v) is 6.72. The van der Waals surface area contributed by atoms with Crippen LogP contribution in [0.1, 0.15) is 15.9 Å². The molecule has 0 fully saturated rings. The predicted octanol–water partition coefficient (Wildman–Crippen LogP) is 2.89. The number of ether oxygens (including phenoxy) is 2. The van der Waals surface area contributed by atoms with Crippen LogP contribution in [-0.2, 0) is 6.54 Å². The van der Waals surface area contributed by atoms with Crippen LogP contribution < -0.4 is 25.4 Å². The Morgan fingerprint density at radius 3 is 2.64 bits per heavy atom. The lowest BCUT2D eigenvalue weighted by Gasteiger charge is -2.13. The summed E-state index contributed by atoms with van der Waals surface area (Å²) in [5.74, 6) is 2.07. The highest BCUT2D eigenvalue weighted by Crippen LogP contribution is 2.32. The Hall–Kier alpha value is -2.01. The fourth-order valence-corrected chi connectivity index (χ4v) is 2.95. The van der Waals surface area contributed by atoms with Gasteiger partial charge in [-0.25, -0.2) is 0 Å². The molecule has 0 aliphatic carbocycles. The molecule has 0 spiro atoms. The van der Waals surface area contributed by atoms with E-state index in [1.165, 1.54) is 0 Å². The molecule has 28 heavy (non-hydrogen) atoms. The lowest BCUT2D eigenvalue weighted by Crippen LogP contribution is -2.41. The number of aliphatic imine (C=N–C) groups is 1. The second-order valence-electron chi connectivity index (χ2n) is 5.81. The van der Waals surface area contributed by atoms with Crippen molar-refractivity contribution in [3.63, 3.8) is 0 Å². The lowest BCUT2D eigenvalue weighted by atomic mass is 10.2. The van der Waals surface area contributed by atoms with Crippen LogP contribution in [0.25, 0.3) is 0 Å². The first-order chi connectivity index (χ1) is 13.2. The molecule has 3 N–H and O–H groups in total. The van der Waals surface area contributed by atoms with Gasteiger partial charge >= 0.3 is 0 Å². The minimum atomic E-state index is -0.110. The van der Waals surface area contributed by atoms with E-state index in [1.807, 2.05) is 30.3 Å². The van der Waals surface area contributed by atoms with Gasteiger partial charge in [0.15, 0.2) is 17.5 Å². The summed E-state index contributed by atoms with van der Waals surface area (Å²) in [5.41, 5.74) is 1.68.